The molecule has 11 heteroatoms. The maximum absolute atomic E-state index is 14.5. The molecule has 164 valence electrons. The average Bonchev–Trinajstić information content (AvgIpc) is 3.56. The Morgan fingerprint density at radius 1 is 0.970 bits per heavy atom. The highest BCUT2D eigenvalue weighted by Gasteiger charge is 2.22. The number of rotatable bonds is 5. The molecule has 3 heterocycles. The SMILES string of the molecule is Cc1nnnn1-c1ccc(F)c(NC(=O)c2cnn(-c3ccccc3F)c2-n2cccc2)c1. The summed E-state index contributed by atoms with van der Waals surface area (Å²) in [5.74, 6) is -0.959. The third kappa shape index (κ3) is 3.65. The molecule has 0 aliphatic heterocycles. The number of carbonyl (C=O) groups excluding carboxylic acids is 1. The Bertz CT molecular complexity index is 1460. The second-order valence-electron chi connectivity index (χ2n) is 7.09. The molecule has 0 atom stereocenters. The highest BCUT2D eigenvalue weighted by molar-refractivity contribution is 6.06. The molecule has 0 unspecified atom stereocenters. The standard InChI is InChI=1S/C22H16F2N8O/c1-14-27-28-29-31(14)15-8-9-17(23)19(12-15)26-21(33)16-13-25-32(20-7-3-2-6-18(20)24)22(16)30-10-4-5-11-30/h2-13H,1H3,(H,26,33). The smallest absolute Gasteiger partial charge is 0.261 e. The summed E-state index contributed by atoms with van der Waals surface area (Å²) in [4.78, 5) is 13.2. The van der Waals surface area contributed by atoms with Gasteiger partial charge in [0.05, 0.1) is 17.6 Å². The number of aromatic nitrogens is 7. The summed E-state index contributed by atoms with van der Waals surface area (Å²) in [6.45, 7) is 1.70. The molecule has 5 rings (SSSR count). The van der Waals surface area contributed by atoms with E-state index in [0.29, 0.717) is 17.3 Å². The Balaban J connectivity index is 1.55. The van der Waals surface area contributed by atoms with Crippen LogP contribution in [0.2, 0.25) is 0 Å². The van der Waals surface area contributed by atoms with Crippen LogP contribution in [0, 0.1) is 18.6 Å². The van der Waals surface area contributed by atoms with E-state index in [4.69, 9.17) is 0 Å². The molecule has 0 saturated carbocycles. The molecular weight excluding hydrogens is 430 g/mol. The van der Waals surface area contributed by atoms with Crippen LogP contribution in [0.15, 0.2) is 73.2 Å². The minimum atomic E-state index is -0.637. The number of hydrogen-bond donors (Lipinski definition) is 1. The van der Waals surface area contributed by atoms with Gasteiger partial charge in [-0.3, -0.25) is 4.79 Å². The van der Waals surface area contributed by atoms with Crippen molar-refractivity contribution < 1.29 is 13.6 Å². The van der Waals surface area contributed by atoms with E-state index in [2.05, 4.69) is 25.9 Å². The van der Waals surface area contributed by atoms with Crippen LogP contribution in [0.25, 0.3) is 17.2 Å². The van der Waals surface area contributed by atoms with Crippen molar-refractivity contribution in [3.63, 3.8) is 0 Å². The van der Waals surface area contributed by atoms with E-state index in [1.54, 1.807) is 54.2 Å². The summed E-state index contributed by atoms with van der Waals surface area (Å²) in [6.07, 6.45) is 4.71. The van der Waals surface area contributed by atoms with Crippen LogP contribution in [0.1, 0.15) is 16.2 Å². The van der Waals surface area contributed by atoms with Crippen molar-refractivity contribution in [3.05, 3.63) is 96.2 Å². The maximum Gasteiger partial charge on any atom is 0.261 e. The number of aryl methyl sites for hydroxylation is 1. The Kier molecular flexibility index (Phi) is 4.98. The molecule has 0 radical (unpaired) electrons. The van der Waals surface area contributed by atoms with Crippen LogP contribution in [0.5, 0.6) is 0 Å². The van der Waals surface area contributed by atoms with Gasteiger partial charge in [-0.1, -0.05) is 12.1 Å². The molecule has 0 fully saturated rings. The van der Waals surface area contributed by atoms with E-state index >= 15 is 0 Å². The second-order valence-corrected chi connectivity index (χ2v) is 7.09. The van der Waals surface area contributed by atoms with Gasteiger partial charge in [-0.15, -0.1) is 5.10 Å². The minimum Gasteiger partial charge on any atom is -0.319 e. The fourth-order valence-electron chi connectivity index (χ4n) is 3.43. The number of amides is 1. The lowest BCUT2D eigenvalue weighted by Gasteiger charge is -2.12. The number of nitrogens with one attached hydrogen (secondary N) is 1. The van der Waals surface area contributed by atoms with E-state index in [1.807, 2.05) is 0 Å². The van der Waals surface area contributed by atoms with Gasteiger partial charge in [0.25, 0.3) is 5.91 Å². The number of tetrazole rings is 1. The molecule has 5 aromatic rings. The highest BCUT2D eigenvalue weighted by Crippen LogP contribution is 2.24. The number of carbonyl (C=O) groups is 1. The van der Waals surface area contributed by atoms with Crippen molar-refractivity contribution >= 4 is 11.6 Å². The van der Waals surface area contributed by atoms with Crippen LogP contribution in [-0.4, -0.2) is 40.5 Å². The first kappa shape index (κ1) is 20.2. The predicted molar refractivity (Wildman–Crippen MR) is 115 cm³/mol. The second kappa shape index (κ2) is 8.11. The van der Waals surface area contributed by atoms with E-state index in [-0.39, 0.29) is 16.9 Å². The van der Waals surface area contributed by atoms with Crippen LogP contribution >= 0.6 is 0 Å². The Hall–Kier alpha value is -4.67. The summed E-state index contributed by atoms with van der Waals surface area (Å²) < 4.78 is 33.4. The first-order valence-electron chi connectivity index (χ1n) is 9.85. The summed E-state index contributed by atoms with van der Waals surface area (Å²) >= 11 is 0. The predicted octanol–water partition coefficient (Wildman–Crippen LogP) is 3.48. The van der Waals surface area contributed by atoms with Gasteiger partial charge in [-0.05, 0) is 59.8 Å². The maximum atomic E-state index is 14.5. The van der Waals surface area contributed by atoms with Gasteiger partial charge >= 0.3 is 0 Å². The van der Waals surface area contributed by atoms with Gasteiger partial charge in [-0.25, -0.2) is 13.5 Å². The van der Waals surface area contributed by atoms with Crippen LogP contribution < -0.4 is 5.32 Å². The molecule has 0 spiro atoms. The van der Waals surface area contributed by atoms with Gasteiger partial charge in [0.2, 0.25) is 0 Å². The number of hydrogen-bond acceptors (Lipinski definition) is 5. The number of halogens is 2. The first-order chi connectivity index (χ1) is 16.0. The number of benzene rings is 2. The van der Waals surface area contributed by atoms with Crippen molar-refractivity contribution in [2.24, 2.45) is 0 Å². The molecule has 0 bridgehead atoms. The van der Waals surface area contributed by atoms with Crippen LogP contribution in [0.4, 0.5) is 14.5 Å². The molecule has 9 nitrogen and oxygen atoms in total. The normalized spacial score (nSPS) is 11.0. The Morgan fingerprint density at radius 2 is 1.76 bits per heavy atom. The summed E-state index contributed by atoms with van der Waals surface area (Å²) in [5.41, 5.74) is 0.701. The van der Waals surface area contributed by atoms with Gasteiger partial charge in [-0.2, -0.15) is 9.78 Å². The molecule has 33 heavy (non-hydrogen) atoms. The third-order valence-electron chi connectivity index (χ3n) is 4.99. The molecule has 1 amide bonds. The van der Waals surface area contributed by atoms with Crippen molar-refractivity contribution in [1.82, 2.24) is 34.6 Å². The van der Waals surface area contributed by atoms with Crippen molar-refractivity contribution in [3.8, 4) is 17.2 Å². The molecule has 0 aliphatic rings. The van der Waals surface area contributed by atoms with Crippen molar-refractivity contribution in [2.45, 2.75) is 6.92 Å². The first-order valence-corrected chi connectivity index (χ1v) is 9.85. The zero-order valence-corrected chi connectivity index (χ0v) is 17.2. The van der Waals surface area contributed by atoms with Crippen molar-refractivity contribution in [2.75, 3.05) is 5.32 Å². The largest absolute Gasteiger partial charge is 0.319 e. The van der Waals surface area contributed by atoms with Crippen molar-refractivity contribution in [1.29, 1.82) is 0 Å². The average molecular weight is 446 g/mol. The summed E-state index contributed by atoms with van der Waals surface area (Å²) in [6, 6.07) is 13.7. The quantitative estimate of drug-likeness (QED) is 0.446. The lowest BCUT2D eigenvalue weighted by molar-refractivity contribution is 0.102. The molecule has 0 saturated heterocycles. The third-order valence-corrected chi connectivity index (χ3v) is 4.99. The summed E-state index contributed by atoms with van der Waals surface area (Å²) in [5, 5.41) is 18.0. The fraction of sp³-hybridized carbons (Fsp3) is 0.0455. The molecule has 1 N–H and O–H groups in total. The highest BCUT2D eigenvalue weighted by atomic mass is 19.1. The zero-order valence-electron chi connectivity index (χ0n) is 17.2. The molecule has 0 aliphatic carbocycles. The summed E-state index contributed by atoms with van der Waals surface area (Å²) in [7, 11) is 0. The lowest BCUT2D eigenvalue weighted by Crippen LogP contribution is -2.16. The Morgan fingerprint density at radius 3 is 2.48 bits per heavy atom. The molecule has 3 aromatic heterocycles. The van der Waals surface area contributed by atoms with Gasteiger partial charge in [0, 0.05) is 12.4 Å². The minimum absolute atomic E-state index is 0.0653. The van der Waals surface area contributed by atoms with E-state index in [0.717, 1.165) is 0 Å². The Labute approximate surface area is 185 Å². The van der Waals surface area contributed by atoms with E-state index in [1.165, 1.54) is 39.8 Å². The van der Waals surface area contributed by atoms with Crippen LogP contribution in [-0.2, 0) is 0 Å². The van der Waals surface area contributed by atoms with E-state index in [9.17, 15) is 13.6 Å². The molecular formula is C22H16F2N8O. The number of anilines is 1. The van der Waals surface area contributed by atoms with Gasteiger partial charge < -0.3 is 9.88 Å². The van der Waals surface area contributed by atoms with E-state index < -0.39 is 17.5 Å². The monoisotopic (exact) mass is 446 g/mol. The van der Waals surface area contributed by atoms with Gasteiger partial charge in [0.1, 0.15) is 22.9 Å². The lowest BCUT2D eigenvalue weighted by atomic mass is 10.2. The number of para-hydroxylation sites is 1. The fourth-order valence-corrected chi connectivity index (χ4v) is 3.43. The van der Waals surface area contributed by atoms with Crippen LogP contribution in [0.3, 0.4) is 0 Å². The zero-order chi connectivity index (χ0) is 22.9. The topological polar surface area (TPSA) is 95.5 Å². The molecule has 2 aromatic carbocycles. The number of nitrogens with zero attached hydrogens (tertiary/aromatic N) is 7. The van der Waals surface area contributed by atoms with Gasteiger partial charge in [0.15, 0.2) is 11.6 Å².